The fraction of sp³-hybridized carbons (Fsp3) is 0.556. The van der Waals surface area contributed by atoms with E-state index >= 15 is 0 Å². The van der Waals surface area contributed by atoms with E-state index in [-0.39, 0.29) is 0 Å². The fourth-order valence-corrected chi connectivity index (χ4v) is 1.28. The van der Waals surface area contributed by atoms with Crippen molar-refractivity contribution in [2.75, 3.05) is 6.54 Å². The Morgan fingerprint density at radius 3 is 2.40 bits per heavy atom. The van der Waals surface area contributed by atoms with Crippen molar-refractivity contribution in [1.82, 2.24) is 15.3 Å². The molecule has 1 aromatic heterocycles. The summed E-state index contributed by atoms with van der Waals surface area (Å²) in [5, 5.41) is 2.76. The fourth-order valence-electron chi connectivity index (χ4n) is 1.28. The number of hydrogen-bond donors (Lipinski definition) is 1. The highest BCUT2D eigenvalue weighted by Gasteiger charge is 2.32. The molecular formula is C9H12F3N3. The van der Waals surface area contributed by atoms with Crippen molar-refractivity contribution < 1.29 is 13.2 Å². The second kappa shape index (κ2) is 5.06. The Kier molecular flexibility index (Phi) is 4.02. The molecule has 0 bridgehead atoms. The van der Waals surface area contributed by atoms with Crippen LogP contribution in [0.2, 0.25) is 0 Å². The minimum absolute atomic E-state index is 0.455. The molecule has 1 unspecified atom stereocenters. The van der Waals surface area contributed by atoms with Crippen molar-refractivity contribution in [3.05, 3.63) is 24.3 Å². The van der Waals surface area contributed by atoms with Crippen LogP contribution in [0.15, 0.2) is 18.7 Å². The van der Waals surface area contributed by atoms with E-state index in [9.17, 15) is 13.2 Å². The summed E-state index contributed by atoms with van der Waals surface area (Å²) in [6, 6.07) is -0.767. The number of halogens is 3. The van der Waals surface area contributed by atoms with Crippen LogP contribution in [-0.4, -0.2) is 22.7 Å². The first-order valence-corrected chi connectivity index (χ1v) is 4.58. The van der Waals surface area contributed by atoms with Crippen molar-refractivity contribution in [3.8, 4) is 0 Å². The Bertz CT molecular complexity index is 286. The van der Waals surface area contributed by atoms with Crippen LogP contribution in [0, 0.1) is 0 Å². The number of nitrogens with zero attached hydrogens (tertiary/aromatic N) is 2. The summed E-state index contributed by atoms with van der Waals surface area (Å²) in [6.07, 6.45) is -1.02. The summed E-state index contributed by atoms with van der Waals surface area (Å²) in [4.78, 5) is 7.40. The van der Waals surface area contributed by atoms with Crippen LogP contribution in [0.5, 0.6) is 0 Å². The lowest BCUT2D eigenvalue weighted by atomic mass is 10.1. The molecular weight excluding hydrogens is 207 g/mol. The van der Waals surface area contributed by atoms with E-state index in [4.69, 9.17) is 0 Å². The molecule has 0 aromatic carbocycles. The van der Waals surface area contributed by atoms with Gasteiger partial charge < -0.3 is 5.32 Å². The zero-order valence-electron chi connectivity index (χ0n) is 8.25. The average Bonchev–Trinajstić information content (AvgIpc) is 2.17. The van der Waals surface area contributed by atoms with Gasteiger partial charge in [0.05, 0.1) is 6.42 Å². The number of alkyl halides is 3. The van der Waals surface area contributed by atoms with Crippen LogP contribution in [0.3, 0.4) is 0 Å². The minimum Gasteiger partial charge on any atom is -0.310 e. The van der Waals surface area contributed by atoms with E-state index in [0.717, 1.165) is 0 Å². The molecule has 1 heterocycles. The molecule has 6 heteroatoms. The van der Waals surface area contributed by atoms with Gasteiger partial charge in [-0.25, -0.2) is 9.97 Å². The van der Waals surface area contributed by atoms with E-state index in [1.54, 1.807) is 6.92 Å². The first-order valence-electron chi connectivity index (χ1n) is 4.58. The summed E-state index contributed by atoms with van der Waals surface area (Å²) < 4.78 is 36.7. The van der Waals surface area contributed by atoms with Crippen LogP contribution >= 0.6 is 0 Å². The second-order valence-electron chi connectivity index (χ2n) is 3.10. The van der Waals surface area contributed by atoms with Crippen LogP contribution in [0.4, 0.5) is 13.2 Å². The molecule has 3 nitrogen and oxygen atoms in total. The molecule has 1 atom stereocenters. The van der Waals surface area contributed by atoms with Gasteiger partial charge in [0, 0.05) is 24.0 Å². The van der Waals surface area contributed by atoms with Crippen molar-refractivity contribution in [2.45, 2.75) is 25.6 Å². The molecule has 0 fully saturated rings. The topological polar surface area (TPSA) is 37.8 Å². The van der Waals surface area contributed by atoms with Crippen LogP contribution in [0.1, 0.15) is 24.9 Å². The van der Waals surface area contributed by atoms with Crippen molar-refractivity contribution in [1.29, 1.82) is 0 Å². The molecule has 0 spiro atoms. The maximum absolute atomic E-state index is 12.2. The predicted molar refractivity (Wildman–Crippen MR) is 49.1 cm³/mol. The third kappa shape index (κ3) is 4.24. The molecule has 0 radical (unpaired) electrons. The van der Waals surface area contributed by atoms with Gasteiger partial charge in [0.2, 0.25) is 0 Å². The van der Waals surface area contributed by atoms with Gasteiger partial charge in [-0.3, -0.25) is 0 Å². The van der Waals surface area contributed by atoms with Crippen LogP contribution in [0.25, 0.3) is 0 Å². The third-order valence-electron chi connectivity index (χ3n) is 1.87. The first-order chi connectivity index (χ1) is 7.03. The Balaban J connectivity index is 2.75. The molecule has 0 saturated carbocycles. The quantitative estimate of drug-likeness (QED) is 0.842. The van der Waals surface area contributed by atoms with Crippen LogP contribution < -0.4 is 5.32 Å². The number of nitrogens with one attached hydrogen (secondary N) is 1. The predicted octanol–water partition coefficient (Wildman–Crippen LogP) is 2.08. The maximum Gasteiger partial charge on any atom is 0.390 e. The maximum atomic E-state index is 12.2. The summed E-state index contributed by atoms with van der Waals surface area (Å²) in [5.74, 6) is 0. The lowest BCUT2D eigenvalue weighted by Gasteiger charge is -2.18. The number of rotatable bonds is 4. The molecule has 15 heavy (non-hydrogen) atoms. The monoisotopic (exact) mass is 219 g/mol. The Morgan fingerprint density at radius 1 is 1.33 bits per heavy atom. The smallest absolute Gasteiger partial charge is 0.310 e. The summed E-state index contributed by atoms with van der Waals surface area (Å²) in [7, 11) is 0. The zero-order valence-corrected chi connectivity index (χ0v) is 8.25. The van der Waals surface area contributed by atoms with Crippen LogP contribution in [-0.2, 0) is 0 Å². The molecule has 0 aliphatic heterocycles. The average molecular weight is 219 g/mol. The van der Waals surface area contributed by atoms with Crippen molar-refractivity contribution in [2.24, 2.45) is 0 Å². The van der Waals surface area contributed by atoms with Crippen molar-refractivity contribution in [3.63, 3.8) is 0 Å². The number of hydrogen-bond acceptors (Lipinski definition) is 3. The van der Waals surface area contributed by atoms with Gasteiger partial charge >= 0.3 is 6.18 Å². The van der Waals surface area contributed by atoms with Gasteiger partial charge in [0.15, 0.2) is 0 Å². The van der Waals surface area contributed by atoms with E-state index in [1.807, 2.05) is 0 Å². The Morgan fingerprint density at radius 2 is 1.93 bits per heavy atom. The minimum atomic E-state index is -4.19. The third-order valence-corrected chi connectivity index (χ3v) is 1.87. The lowest BCUT2D eigenvalue weighted by molar-refractivity contribution is -0.140. The van der Waals surface area contributed by atoms with Gasteiger partial charge in [-0.15, -0.1) is 0 Å². The molecule has 1 aromatic rings. The highest BCUT2D eigenvalue weighted by Crippen LogP contribution is 2.28. The van der Waals surface area contributed by atoms with E-state index in [1.165, 1.54) is 18.7 Å². The first kappa shape index (κ1) is 11.9. The summed E-state index contributed by atoms with van der Waals surface area (Å²) >= 11 is 0. The molecule has 0 saturated heterocycles. The van der Waals surface area contributed by atoms with Crippen molar-refractivity contribution >= 4 is 0 Å². The summed E-state index contributed by atoms with van der Waals surface area (Å²) in [6.45, 7) is 2.23. The molecule has 1 rings (SSSR count). The van der Waals surface area contributed by atoms with E-state index in [2.05, 4.69) is 15.3 Å². The van der Waals surface area contributed by atoms with Gasteiger partial charge in [0.25, 0.3) is 0 Å². The second-order valence-corrected chi connectivity index (χ2v) is 3.10. The Hall–Kier alpha value is -1.17. The molecule has 0 aliphatic rings. The van der Waals surface area contributed by atoms with Gasteiger partial charge in [0.1, 0.15) is 6.33 Å². The molecule has 0 aliphatic carbocycles. The van der Waals surface area contributed by atoms with E-state index in [0.29, 0.717) is 12.1 Å². The largest absolute Gasteiger partial charge is 0.390 e. The van der Waals surface area contributed by atoms with Gasteiger partial charge in [-0.05, 0) is 6.54 Å². The molecule has 1 N–H and O–H groups in total. The molecule has 84 valence electrons. The van der Waals surface area contributed by atoms with E-state index < -0.39 is 18.6 Å². The van der Waals surface area contributed by atoms with Gasteiger partial charge in [-0.2, -0.15) is 13.2 Å². The summed E-state index contributed by atoms with van der Waals surface area (Å²) in [5.41, 5.74) is 0.455. The number of aromatic nitrogens is 2. The van der Waals surface area contributed by atoms with Gasteiger partial charge in [-0.1, -0.05) is 6.92 Å². The molecule has 0 amide bonds. The standard InChI is InChI=1S/C9H12F3N3/c1-2-15-8(3-9(10,11)12)7-4-13-6-14-5-7/h4-6,8,15H,2-3H2,1H3. The lowest BCUT2D eigenvalue weighted by Crippen LogP contribution is -2.26. The SMILES string of the molecule is CCNC(CC(F)(F)F)c1cncnc1. The zero-order chi connectivity index (χ0) is 11.3. The Labute approximate surface area is 85.7 Å². The highest BCUT2D eigenvalue weighted by molar-refractivity contribution is 5.09. The highest BCUT2D eigenvalue weighted by atomic mass is 19.4. The normalized spacial score (nSPS) is 13.9.